The maximum atomic E-state index is 11.8. The lowest BCUT2D eigenvalue weighted by molar-refractivity contribution is 0.245. The van der Waals surface area contributed by atoms with Gasteiger partial charge in [0.1, 0.15) is 0 Å². The number of carbonyl (C=O) groups excluding carboxylic acids is 1. The molecule has 0 spiro atoms. The Balaban J connectivity index is 1.43. The van der Waals surface area contributed by atoms with Crippen LogP contribution in [-0.2, 0) is 13.1 Å². The van der Waals surface area contributed by atoms with E-state index >= 15 is 0 Å². The summed E-state index contributed by atoms with van der Waals surface area (Å²) < 4.78 is 0. The highest BCUT2D eigenvalue weighted by molar-refractivity contribution is 5.89. The number of anilines is 1. The molecule has 1 aliphatic heterocycles. The fraction of sp³-hybridized carbons (Fsp3) is 0.440. The minimum Gasteiger partial charge on any atom is -0.355 e. The van der Waals surface area contributed by atoms with E-state index in [1.165, 1.54) is 18.4 Å². The highest BCUT2D eigenvalue weighted by atomic mass is 16.2. The number of nitrogens with zero attached hydrogens (tertiary/aromatic N) is 2. The predicted molar refractivity (Wildman–Crippen MR) is 132 cm³/mol. The SMILES string of the molecule is CN=C(NCc1ccc(NC(=O)NC(C)C)cc1)NCC1CCCN1Cc1ccccc1. The van der Waals surface area contributed by atoms with Gasteiger partial charge in [0, 0.05) is 44.5 Å². The Hall–Kier alpha value is -3.06. The van der Waals surface area contributed by atoms with Gasteiger partial charge >= 0.3 is 6.03 Å². The zero-order chi connectivity index (χ0) is 22.8. The number of urea groups is 1. The summed E-state index contributed by atoms with van der Waals surface area (Å²) in [6.07, 6.45) is 2.44. The van der Waals surface area contributed by atoms with Crippen LogP contribution >= 0.6 is 0 Å². The number of rotatable bonds is 8. The number of hydrogen-bond donors (Lipinski definition) is 4. The normalized spacial score (nSPS) is 16.8. The molecule has 32 heavy (non-hydrogen) atoms. The second-order valence-electron chi connectivity index (χ2n) is 8.51. The Labute approximate surface area is 191 Å². The molecule has 7 nitrogen and oxygen atoms in total. The second-order valence-corrected chi connectivity index (χ2v) is 8.51. The Bertz CT molecular complexity index is 866. The van der Waals surface area contributed by atoms with Gasteiger partial charge in [0.05, 0.1) is 0 Å². The third kappa shape index (κ3) is 7.57. The monoisotopic (exact) mass is 436 g/mol. The molecule has 7 heteroatoms. The fourth-order valence-electron chi connectivity index (χ4n) is 3.91. The molecule has 2 aromatic rings. The molecule has 4 N–H and O–H groups in total. The van der Waals surface area contributed by atoms with E-state index in [1.54, 1.807) is 7.05 Å². The molecule has 1 saturated heterocycles. The van der Waals surface area contributed by atoms with Gasteiger partial charge in [-0.1, -0.05) is 42.5 Å². The zero-order valence-corrected chi connectivity index (χ0v) is 19.4. The van der Waals surface area contributed by atoms with Crippen molar-refractivity contribution in [3.8, 4) is 0 Å². The molecule has 2 amide bonds. The summed E-state index contributed by atoms with van der Waals surface area (Å²) in [5, 5.41) is 12.5. The number of hydrogen-bond acceptors (Lipinski definition) is 3. The van der Waals surface area contributed by atoms with Crippen LogP contribution in [-0.4, -0.2) is 49.1 Å². The molecule has 0 bridgehead atoms. The number of aliphatic imine (C=N–C) groups is 1. The van der Waals surface area contributed by atoms with Crippen LogP contribution in [0.4, 0.5) is 10.5 Å². The van der Waals surface area contributed by atoms with Crippen molar-refractivity contribution in [2.24, 2.45) is 4.99 Å². The summed E-state index contributed by atoms with van der Waals surface area (Å²) in [5.74, 6) is 0.801. The topological polar surface area (TPSA) is 80.8 Å². The molecule has 1 atom stereocenters. The minimum absolute atomic E-state index is 0.104. The molecule has 0 radical (unpaired) electrons. The summed E-state index contributed by atoms with van der Waals surface area (Å²) in [5.41, 5.74) is 3.25. The van der Waals surface area contributed by atoms with Crippen molar-refractivity contribution < 1.29 is 4.79 Å². The number of likely N-dealkylation sites (tertiary alicyclic amines) is 1. The summed E-state index contributed by atoms with van der Waals surface area (Å²) in [7, 11) is 1.80. The van der Waals surface area contributed by atoms with Gasteiger partial charge in [-0.15, -0.1) is 0 Å². The van der Waals surface area contributed by atoms with E-state index in [4.69, 9.17) is 0 Å². The van der Waals surface area contributed by atoms with E-state index in [1.807, 2.05) is 38.1 Å². The molecule has 0 aliphatic carbocycles. The molecule has 0 aromatic heterocycles. The molecular formula is C25H36N6O. The van der Waals surface area contributed by atoms with Crippen LogP contribution in [0.2, 0.25) is 0 Å². The van der Waals surface area contributed by atoms with Gasteiger partial charge in [0.25, 0.3) is 0 Å². The average Bonchev–Trinajstić information content (AvgIpc) is 3.22. The summed E-state index contributed by atoms with van der Waals surface area (Å²) in [6, 6.07) is 18.9. The average molecular weight is 437 g/mol. The number of carbonyl (C=O) groups is 1. The Morgan fingerprint density at radius 3 is 2.50 bits per heavy atom. The summed E-state index contributed by atoms with van der Waals surface area (Å²) >= 11 is 0. The lowest BCUT2D eigenvalue weighted by Crippen LogP contribution is -2.44. The highest BCUT2D eigenvalue weighted by Crippen LogP contribution is 2.19. The molecule has 0 saturated carbocycles. The molecular weight excluding hydrogens is 400 g/mol. The van der Waals surface area contributed by atoms with Crippen molar-refractivity contribution in [3.05, 3.63) is 65.7 Å². The van der Waals surface area contributed by atoms with Crippen molar-refractivity contribution in [2.45, 2.75) is 51.9 Å². The van der Waals surface area contributed by atoms with E-state index in [0.29, 0.717) is 12.6 Å². The molecule has 1 fully saturated rings. The van der Waals surface area contributed by atoms with Gasteiger partial charge in [0.2, 0.25) is 0 Å². The molecule has 3 rings (SSSR count). The van der Waals surface area contributed by atoms with Crippen LogP contribution in [0, 0.1) is 0 Å². The first kappa shape index (κ1) is 23.6. The molecule has 172 valence electrons. The van der Waals surface area contributed by atoms with Crippen LogP contribution < -0.4 is 21.3 Å². The maximum absolute atomic E-state index is 11.8. The number of nitrogens with one attached hydrogen (secondary N) is 4. The maximum Gasteiger partial charge on any atom is 0.319 e. The molecule has 2 aromatic carbocycles. The van der Waals surface area contributed by atoms with E-state index in [2.05, 4.69) is 61.5 Å². The van der Waals surface area contributed by atoms with Gasteiger partial charge in [-0.05, 0) is 56.5 Å². The Morgan fingerprint density at radius 1 is 1.06 bits per heavy atom. The van der Waals surface area contributed by atoms with Crippen molar-refractivity contribution in [1.29, 1.82) is 0 Å². The van der Waals surface area contributed by atoms with Gasteiger partial charge in [-0.25, -0.2) is 4.79 Å². The van der Waals surface area contributed by atoms with Crippen molar-refractivity contribution in [2.75, 3.05) is 25.5 Å². The first-order valence-corrected chi connectivity index (χ1v) is 11.4. The summed E-state index contributed by atoms with van der Waals surface area (Å²) in [6.45, 7) is 7.54. The first-order chi connectivity index (χ1) is 15.5. The van der Waals surface area contributed by atoms with E-state index in [0.717, 1.165) is 36.8 Å². The van der Waals surface area contributed by atoms with Crippen LogP contribution in [0.15, 0.2) is 59.6 Å². The van der Waals surface area contributed by atoms with E-state index in [-0.39, 0.29) is 12.1 Å². The largest absolute Gasteiger partial charge is 0.355 e. The van der Waals surface area contributed by atoms with Gasteiger partial charge < -0.3 is 21.3 Å². The smallest absolute Gasteiger partial charge is 0.319 e. The first-order valence-electron chi connectivity index (χ1n) is 11.4. The van der Waals surface area contributed by atoms with Crippen LogP contribution in [0.3, 0.4) is 0 Å². The number of benzene rings is 2. The Kier molecular flexibility index (Phi) is 8.92. The fourth-order valence-corrected chi connectivity index (χ4v) is 3.91. The number of guanidine groups is 1. The molecule has 1 unspecified atom stereocenters. The third-order valence-corrected chi connectivity index (χ3v) is 5.55. The third-order valence-electron chi connectivity index (χ3n) is 5.55. The van der Waals surface area contributed by atoms with Crippen LogP contribution in [0.1, 0.15) is 37.8 Å². The highest BCUT2D eigenvalue weighted by Gasteiger charge is 2.24. The summed E-state index contributed by atoms with van der Waals surface area (Å²) in [4.78, 5) is 18.7. The molecule has 1 heterocycles. The lowest BCUT2D eigenvalue weighted by atomic mass is 10.2. The standard InChI is InChI=1S/C25H36N6O/c1-19(2)29-25(32)30-22-13-11-20(12-14-22)16-27-24(26-3)28-17-23-10-7-15-31(23)18-21-8-5-4-6-9-21/h4-6,8-9,11-14,19,23H,7,10,15-18H2,1-3H3,(H2,26,27,28)(H2,29,30,32). The molecule has 1 aliphatic rings. The second kappa shape index (κ2) is 12.1. The van der Waals surface area contributed by atoms with Gasteiger partial charge in [0.15, 0.2) is 5.96 Å². The van der Waals surface area contributed by atoms with Crippen molar-refractivity contribution in [1.82, 2.24) is 20.9 Å². The number of amides is 2. The van der Waals surface area contributed by atoms with Crippen LogP contribution in [0.25, 0.3) is 0 Å². The van der Waals surface area contributed by atoms with Gasteiger partial charge in [-0.3, -0.25) is 9.89 Å². The van der Waals surface area contributed by atoms with Crippen molar-refractivity contribution in [3.63, 3.8) is 0 Å². The van der Waals surface area contributed by atoms with E-state index < -0.39 is 0 Å². The predicted octanol–water partition coefficient (Wildman–Crippen LogP) is 3.55. The zero-order valence-electron chi connectivity index (χ0n) is 19.4. The quantitative estimate of drug-likeness (QED) is 0.377. The van der Waals surface area contributed by atoms with Gasteiger partial charge in [-0.2, -0.15) is 0 Å². The minimum atomic E-state index is -0.191. The van der Waals surface area contributed by atoms with Crippen LogP contribution in [0.5, 0.6) is 0 Å². The Morgan fingerprint density at radius 2 is 1.81 bits per heavy atom. The van der Waals surface area contributed by atoms with E-state index in [9.17, 15) is 4.79 Å². The lowest BCUT2D eigenvalue weighted by Gasteiger charge is -2.25. The van der Waals surface area contributed by atoms with Crippen molar-refractivity contribution >= 4 is 17.7 Å².